The number of amidine groups is 1. The van der Waals surface area contributed by atoms with Gasteiger partial charge in [-0.05, 0) is 79.6 Å². The van der Waals surface area contributed by atoms with E-state index in [4.69, 9.17) is 36.7 Å². The summed E-state index contributed by atoms with van der Waals surface area (Å²) < 4.78 is 12.9. The number of benzene rings is 3. The van der Waals surface area contributed by atoms with Gasteiger partial charge in [0, 0.05) is 48.8 Å². The largest absolute Gasteiger partial charge is 0.490 e. The molecule has 2 fully saturated rings. The van der Waals surface area contributed by atoms with Gasteiger partial charge in [-0.15, -0.1) is 24.8 Å². The molecule has 16 heteroatoms. The third kappa shape index (κ3) is 9.79. The molecule has 1 saturated heterocycles. The number of ether oxygens (including phenoxy) is 2. The normalized spacial score (nSPS) is 14.6. The molecule has 14 nitrogen and oxygen atoms in total. The van der Waals surface area contributed by atoms with Crippen molar-refractivity contribution in [2.45, 2.75) is 70.2 Å². The van der Waals surface area contributed by atoms with E-state index in [9.17, 15) is 14.4 Å². The van der Waals surface area contributed by atoms with E-state index >= 15 is 0 Å². The lowest BCUT2D eigenvalue weighted by Crippen LogP contribution is -2.44. The van der Waals surface area contributed by atoms with Crippen LogP contribution in [0.5, 0.6) is 5.75 Å². The number of hydrogen-bond donors (Lipinski definition) is 5. The van der Waals surface area contributed by atoms with Crippen molar-refractivity contribution in [1.29, 1.82) is 10.8 Å². The number of fused-ring (bicyclic) bond motifs is 1. The van der Waals surface area contributed by atoms with Gasteiger partial charge in [-0.1, -0.05) is 19.3 Å². The number of carbonyl (C=O) groups is 3. The molecule has 0 radical (unpaired) electrons. The van der Waals surface area contributed by atoms with Crippen LogP contribution in [-0.2, 0) is 22.6 Å². The number of imidazole rings is 1. The van der Waals surface area contributed by atoms with Gasteiger partial charge in [0.15, 0.2) is 5.96 Å². The van der Waals surface area contributed by atoms with E-state index in [1.165, 1.54) is 13.5 Å². The number of nitrogens with zero attached hydrogens (tertiary/aromatic N) is 4. The van der Waals surface area contributed by atoms with Crippen LogP contribution in [0.4, 0.5) is 5.69 Å². The molecule has 7 N–H and O–H groups in total. The number of nitrogens with two attached hydrogens (primary N) is 2. The van der Waals surface area contributed by atoms with Crippen molar-refractivity contribution in [2.24, 2.45) is 11.5 Å². The molecule has 0 bridgehead atoms. The standard InChI is InChI=1S/C38H45N9O5.2ClH/c1-51-37(50)25-9-7-24(8-10-25)36(49)46(28-12-14-29(15-13-28)52-30-17-19-45(20-18-30)38(41)42)22-33-44-31-21-26(35(39)40)11-16-32(31)47(33)23-34(48)43-27-5-3-2-4-6-27;;/h7-16,21,27,30H,2-6,17-20,22-23H2,1H3,(H3,39,40)(H3,41,42)(H,43,48);2*1H. The van der Waals surface area contributed by atoms with E-state index in [0.717, 1.165) is 38.5 Å². The van der Waals surface area contributed by atoms with Crippen LogP contribution in [-0.4, -0.2) is 76.4 Å². The van der Waals surface area contributed by atoms with Gasteiger partial charge < -0.3 is 40.6 Å². The third-order valence-corrected chi connectivity index (χ3v) is 9.74. The fourth-order valence-corrected chi connectivity index (χ4v) is 6.86. The highest BCUT2D eigenvalue weighted by Crippen LogP contribution is 2.28. The van der Waals surface area contributed by atoms with Crippen LogP contribution >= 0.6 is 24.8 Å². The number of amides is 2. The summed E-state index contributed by atoms with van der Waals surface area (Å²) in [5.74, 6) is 0.0573. The molecule has 0 unspecified atom stereocenters. The van der Waals surface area contributed by atoms with Gasteiger partial charge in [0.1, 0.15) is 30.1 Å². The number of esters is 1. The number of hydrogen-bond acceptors (Lipinski definition) is 8. The Morgan fingerprint density at radius 1 is 0.870 bits per heavy atom. The number of guanidine groups is 1. The summed E-state index contributed by atoms with van der Waals surface area (Å²) in [5.41, 5.74) is 14.4. The van der Waals surface area contributed by atoms with Crippen molar-refractivity contribution in [1.82, 2.24) is 19.8 Å². The summed E-state index contributed by atoms with van der Waals surface area (Å²) in [6, 6.07) is 18.8. The van der Waals surface area contributed by atoms with Gasteiger partial charge in [-0.25, -0.2) is 9.78 Å². The van der Waals surface area contributed by atoms with Crippen molar-refractivity contribution in [3.05, 3.63) is 89.2 Å². The second-order valence-electron chi connectivity index (χ2n) is 13.3. The first-order valence-corrected chi connectivity index (χ1v) is 17.6. The van der Waals surface area contributed by atoms with Crippen molar-refractivity contribution in [3.8, 4) is 5.75 Å². The summed E-state index contributed by atoms with van der Waals surface area (Å²) in [7, 11) is 1.30. The maximum Gasteiger partial charge on any atom is 0.337 e. The fraction of sp³-hybridized carbons (Fsp3) is 0.368. The molecule has 1 aromatic heterocycles. The predicted octanol–water partition coefficient (Wildman–Crippen LogP) is 4.98. The maximum atomic E-state index is 14.3. The fourth-order valence-electron chi connectivity index (χ4n) is 6.86. The van der Waals surface area contributed by atoms with E-state index in [0.29, 0.717) is 58.1 Å². The summed E-state index contributed by atoms with van der Waals surface area (Å²) >= 11 is 0. The van der Waals surface area contributed by atoms with E-state index in [2.05, 4.69) is 5.32 Å². The molecule has 1 aliphatic carbocycles. The zero-order chi connectivity index (χ0) is 36.8. The van der Waals surface area contributed by atoms with Crippen molar-refractivity contribution in [2.75, 3.05) is 25.1 Å². The number of likely N-dealkylation sites (tertiary alicyclic amines) is 1. The first kappa shape index (κ1) is 41.4. The minimum absolute atomic E-state index is 0. The molecule has 3 aromatic carbocycles. The second-order valence-corrected chi connectivity index (χ2v) is 13.3. The zero-order valence-electron chi connectivity index (χ0n) is 30.1. The van der Waals surface area contributed by atoms with Crippen LogP contribution in [0.15, 0.2) is 66.7 Å². The molecule has 2 heterocycles. The number of nitrogens with one attached hydrogen (secondary N) is 3. The second kappa shape index (κ2) is 18.6. The summed E-state index contributed by atoms with van der Waals surface area (Å²) in [6.45, 7) is 1.28. The summed E-state index contributed by atoms with van der Waals surface area (Å²) in [4.78, 5) is 48.2. The molecule has 4 aromatic rings. The Morgan fingerprint density at radius 3 is 2.11 bits per heavy atom. The first-order valence-electron chi connectivity index (χ1n) is 17.6. The Hall–Kier alpha value is -5.34. The number of carbonyl (C=O) groups excluding carboxylic acids is 3. The quantitative estimate of drug-likeness (QED) is 0.0790. The first-order chi connectivity index (χ1) is 25.1. The van der Waals surface area contributed by atoms with Gasteiger partial charge in [0.05, 0.1) is 30.3 Å². The molecule has 0 atom stereocenters. The van der Waals surface area contributed by atoms with E-state index in [1.54, 1.807) is 59.5 Å². The lowest BCUT2D eigenvalue weighted by atomic mass is 9.95. The van der Waals surface area contributed by atoms with Gasteiger partial charge in [0.2, 0.25) is 5.91 Å². The van der Waals surface area contributed by atoms with Gasteiger partial charge in [-0.3, -0.25) is 20.4 Å². The molecule has 2 amide bonds. The van der Waals surface area contributed by atoms with Crippen molar-refractivity contribution in [3.63, 3.8) is 0 Å². The molecule has 54 heavy (non-hydrogen) atoms. The lowest BCUT2D eigenvalue weighted by Gasteiger charge is -2.32. The molecule has 1 saturated carbocycles. The van der Waals surface area contributed by atoms with Crippen LogP contribution in [0.3, 0.4) is 0 Å². The molecule has 1 aliphatic heterocycles. The zero-order valence-corrected chi connectivity index (χ0v) is 31.7. The molecule has 2 aliphatic rings. The number of anilines is 1. The molecule has 288 valence electrons. The van der Waals surface area contributed by atoms with Gasteiger partial charge in [0.25, 0.3) is 5.91 Å². The number of rotatable bonds is 11. The van der Waals surface area contributed by atoms with Gasteiger partial charge in [-0.2, -0.15) is 0 Å². The van der Waals surface area contributed by atoms with Crippen LogP contribution in [0.25, 0.3) is 11.0 Å². The smallest absolute Gasteiger partial charge is 0.337 e. The van der Waals surface area contributed by atoms with Crippen molar-refractivity contribution >= 4 is 71.1 Å². The van der Waals surface area contributed by atoms with Gasteiger partial charge >= 0.3 is 5.97 Å². The Bertz CT molecular complexity index is 1960. The highest BCUT2D eigenvalue weighted by molar-refractivity contribution is 6.06. The Labute approximate surface area is 326 Å². The maximum absolute atomic E-state index is 14.3. The van der Waals surface area contributed by atoms with Crippen LogP contribution < -0.4 is 26.4 Å². The number of methoxy groups -OCH3 is 1. The average molecular weight is 781 g/mol. The molecular weight excluding hydrogens is 733 g/mol. The van der Waals surface area contributed by atoms with E-state index in [-0.39, 0.29) is 73.7 Å². The van der Waals surface area contributed by atoms with Crippen molar-refractivity contribution < 1.29 is 23.9 Å². The highest BCUT2D eigenvalue weighted by atomic mass is 35.5. The van der Waals surface area contributed by atoms with Crippen LogP contribution in [0.1, 0.15) is 77.0 Å². The number of nitrogen functional groups attached to an aromatic ring is 1. The average Bonchev–Trinajstić information content (AvgIpc) is 3.49. The Kier molecular flexibility index (Phi) is 14.3. The Balaban J connectivity index is 0.00000325. The van der Waals surface area contributed by atoms with E-state index in [1.807, 2.05) is 21.6 Å². The predicted molar refractivity (Wildman–Crippen MR) is 212 cm³/mol. The van der Waals surface area contributed by atoms with Crippen LogP contribution in [0, 0.1) is 10.8 Å². The SMILES string of the molecule is COC(=O)c1ccc(C(=O)N(Cc2nc3cc(C(=N)N)ccc3n2CC(=O)NC2CCCCC2)c2ccc(OC3CCN(C(=N)N)CC3)cc2)cc1.Cl.Cl. The van der Waals surface area contributed by atoms with E-state index < -0.39 is 5.97 Å². The lowest BCUT2D eigenvalue weighted by molar-refractivity contribution is -0.122. The minimum atomic E-state index is -0.511. The topological polar surface area (TPSA) is 206 Å². The number of halogens is 2. The molecule has 0 spiro atoms. The minimum Gasteiger partial charge on any atom is -0.490 e. The highest BCUT2D eigenvalue weighted by Gasteiger charge is 2.26. The number of piperidine rings is 1. The Morgan fingerprint density at radius 2 is 1.50 bits per heavy atom. The summed E-state index contributed by atoms with van der Waals surface area (Å²) in [5, 5.41) is 18.8. The monoisotopic (exact) mass is 779 g/mol. The summed E-state index contributed by atoms with van der Waals surface area (Å²) in [6.07, 6.45) is 6.64. The third-order valence-electron chi connectivity index (χ3n) is 9.74. The molecule has 6 rings (SSSR count). The molecular formula is C38H47Cl2N9O5. The number of aromatic nitrogens is 2. The van der Waals surface area contributed by atoms with Crippen LogP contribution in [0.2, 0.25) is 0 Å².